The van der Waals surface area contributed by atoms with Crippen LogP contribution in [-0.2, 0) is 16.1 Å². The van der Waals surface area contributed by atoms with E-state index in [1.165, 1.54) is 13.4 Å². The zero-order chi connectivity index (χ0) is 28.4. The summed E-state index contributed by atoms with van der Waals surface area (Å²) in [6.45, 7) is 4.60. The number of fused-ring (bicyclic) bond motifs is 1. The van der Waals surface area contributed by atoms with Gasteiger partial charge in [0.05, 0.1) is 38.8 Å². The number of ether oxygens (including phenoxy) is 4. The van der Waals surface area contributed by atoms with E-state index in [-0.39, 0.29) is 30.5 Å². The lowest BCUT2D eigenvalue weighted by Crippen LogP contribution is -2.14. The van der Waals surface area contributed by atoms with Crippen LogP contribution in [0.2, 0.25) is 10.0 Å². The van der Waals surface area contributed by atoms with E-state index in [0.717, 1.165) is 18.4 Å². The van der Waals surface area contributed by atoms with Crippen molar-refractivity contribution in [3.05, 3.63) is 58.3 Å². The molecule has 0 bridgehead atoms. The molecule has 0 N–H and O–H groups in total. The number of benzene rings is 2. The molecule has 0 amide bonds. The Hall–Kier alpha value is -3.56. The van der Waals surface area contributed by atoms with Crippen molar-refractivity contribution in [1.29, 1.82) is 0 Å². The molecule has 1 aliphatic carbocycles. The van der Waals surface area contributed by atoms with E-state index in [1.54, 1.807) is 19.2 Å². The summed E-state index contributed by atoms with van der Waals surface area (Å²) in [6, 6.07) is 11.0. The fourth-order valence-electron chi connectivity index (χ4n) is 4.35. The minimum absolute atomic E-state index is 0.0641. The number of rotatable bonds is 11. The molecule has 0 aliphatic heterocycles. The molecule has 0 saturated heterocycles. The highest BCUT2D eigenvalue weighted by molar-refractivity contribution is 6.34. The molecule has 2 heterocycles. The molecule has 2 aromatic heterocycles. The predicted octanol–water partition coefficient (Wildman–Crippen LogP) is 6.37. The molecule has 1 atom stereocenters. The first-order valence-corrected chi connectivity index (χ1v) is 13.7. The Morgan fingerprint density at radius 3 is 2.65 bits per heavy atom. The molecule has 1 aliphatic rings. The van der Waals surface area contributed by atoms with Crippen LogP contribution in [0.15, 0.2) is 42.7 Å². The van der Waals surface area contributed by atoms with Crippen molar-refractivity contribution in [2.75, 3.05) is 20.8 Å². The molecule has 9 nitrogen and oxygen atoms in total. The van der Waals surface area contributed by atoms with Crippen LogP contribution in [-0.4, -0.2) is 51.9 Å². The summed E-state index contributed by atoms with van der Waals surface area (Å²) in [5.74, 6) is 1.77. The Morgan fingerprint density at radius 2 is 1.93 bits per heavy atom. The van der Waals surface area contributed by atoms with Crippen LogP contribution in [0.3, 0.4) is 0 Å². The first-order chi connectivity index (χ1) is 19.2. The first-order valence-electron chi connectivity index (χ1n) is 12.9. The summed E-state index contributed by atoms with van der Waals surface area (Å²) >= 11 is 13.3. The lowest BCUT2D eigenvalue weighted by Gasteiger charge is -2.16. The number of aromatic nitrogens is 4. The smallest absolute Gasteiger partial charge is 0.305 e. The molecule has 1 saturated carbocycles. The van der Waals surface area contributed by atoms with Crippen molar-refractivity contribution in [2.24, 2.45) is 5.92 Å². The third-order valence-corrected chi connectivity index (χ3v) is 7.46. The van der Waals surface area contributed by atoms with E-state index in [0.29, 0.717) is 56.5 Å². The number of nitrogens with zero attached hydrogens (tertiary/aromatic N) is 4. The van der Waals surface area contributed by atoms with Crippen molar-refractivity contribution < 1.29 is 23.7 Å². The van der Waals surface area contributed by atoms with Gasteiger partial charge in [-0.1, -0.05) is 36.2 Å². The maximum absolute atomic E-state index is 11.6. The number of methoxy groups -OCH3 is 2. The Labute approximate surface area is 242 Å². The van der Waals surface area contributed by atoms with Gasteiger partial charge in [0.15, 0.2) is 11.2 Å². The number of carbonyl (C=O) groups is 1. The Bertz CT molecular complexity index is 1550. The highest BCUT2D eigenvalue weighted by Crippen LogP contribution is 2.42. The lowest BCUT2D eigenvalue weighted by atomic mass is 10.1. The van der Waals surface area contributed by atoms with Crippen LogP contribution in [0.5, 0.6) is 17.4 Å². The van der Waals surface area contributed by atoms with Crippen molar-refractivity contribution in [3.63, 3.8) is 0 Å². The molecule has 2 aromatic carbocycles. The van der Waals surface area contributed by atoms with Crippen LogP contribution in [0.25, 0.3) is 22.6 Å². The molecule has 0 radical (unpaired) electrons. The zero-order valence-electron chi connectivity index (χ0n) is 22.7. The van der Waals surface area contributed by atoms with Gasteiger partial charge in [0.1, 0.15) is 29.3 Å². The fourth-order valence-corrected chi connectivity index (χ4v) is 4.81. The van der Waals surface area contributed by atoms with Gasteiger partial charge in [-0.15, -0.1) is 0 Å². The summed E-state index contributed by atoms with van der Waals surface area (Å²) in [4.78, 5) is 25.6. The van der Waals surface area contributed by atoms with E-state index in [9.17, 15) is 4.79 Å². The third-order valence-electron chi connectivity index (χ3n) is 6.84. The SMILES string of the molecule is COC(=O)CC(C)COc1cccc(-c2nc3c(OC4(C)CC4)ncnc3n2Cc2cc(Cl)ccc2OC)c1Cl. The maximum Gasteiger partial charge on any atom is 0.305 e. The highest BCUT2D eigenvalue weighted by Gasteiger charge is 2.41. The van der Waals surface area contributed by atoms with Crippen LogP contribution < -0.4 is 14.2 Å². The van der Waals surface area contributed by atoms with E-state index in [2.05, 4.69) is 16.9 Å². The van der Waals surface area contributed by atoms with E-state index < -0.39 is 0 Å². The monoisotopic (exact) mass is 584 g/mol. The van der Waals surface area contributed by atoms with Crippen molar-refractivity contribution in [2.45, 2.75) is 45.3 Å². The fraction of sp³-hybridized carbons (Fsp3) is 0.379. The second kappa shape index (κ2) is 11.5. The highest BCUT2D eigenvalue weighted by atomic mass is 35.5. The van der Waals surface area contributed by atoms with Gasteiger partial charge in [0, 0.05) is 22.1 Å². The summed E-state index contributed by atoms with van der Waals surface area (Å²) in [7, 11) is 2.98. The van der Waals surface area contributed by atoms with Crippen LogP contribution >= 0.6 is 23.2 Å². The number of hydrogen-bond donors (Lipinski definition) is 0. The second-order valence-corrected chi connectivity index (χ2v) is 11.0. The molecule has 40 heavy (non-hydrogen) atoms. The Balaban J connectivity index is 1.58. The number of imidazole rings is 1. The van der Waals surface area contributed by atoms with Gasteiger partial charge in [-0.25, -0.2) is 9.97 Å². The van der Waals surface area contributed by atoms with Gasteiger partial charge in [-0.3, -0.25) is 4.79 Å². The summed E-state index contributed by atoms with van der Waals surface area (Å²) in [5, 5.41) is 0.962. The number of halogens is 2. The number of esters is 1. The standard InChI is InChI=1S/C29H30Cl2N4O5/c1-17(12-23(36)38-4)15-39-22-7-5-6-20(24(22)31)26-34-25-27(32-16-33-28(25)40-29(2)10-11-29)35(26)14-18-13-19(30)8-9-21(18)37-3/h5-9,13,16-17H,10-12,14-15H2,1-4H3. The minimum Gasteiger partial charge on any atom is -0.496 e. The molecule has 1 unspecified atom stereocenters. The van der Waals surface area contributed by atoms with Gasteiger partial charge in [-0.05, 0) is 50.1 Å². The Morgan fingerprint density at radius 1 is 1.12 bits per heavy atom. The topological polar surface area (TPSA) is 97.6 Å². The molecule has 4 aromatic rings. The normalized spacial score (nSPS) is 14.6. The quantitative estimate of drug-likeness (QED) is 0.188. The molecule has 11 heteroatoms. The van der Waals surface area contributed by atoms with E-state index in [1.807, 2.05) is 35.8 Å². The largest absolute Gasteiger partial charge is 0.496 e. The Kier molecular flexibility index (Phi) is 8.05. The molecule has 210 valence electrons. The van der Waals surface area contributed by atoms with Gasteiger partial charge in [0.2, 0.25) is 5.88 Å². The lowest BCUT2D eigenvalue weighted by molar-refractivity contribution is -0.141. The van der Waals surface area contributed by atoms with E-state index >= 15 is 0 Å². The average Bonchev–Trinajstić information content (AvgIpc) is 3.55. The zero-order valence-corrected chi connectivity index (χ0v) is 24.3. The van der Waals surface area contributed by atoms with Crippen LogP contribution in [0.1, 0.15) is 38.7 Å². The summed E-state index contributed by atoms with van der Waals surface area (Å²) in [5.41, 5.74) is 2.34. The van der Waals surface area contributed by atoms with Crippen molar-refractivity contribution in [1.82, 2.24) is 19.5 Å². The molecular weight excluding hydrogens is 555 g/mol. The van der Waals surface area contributed by atoms with E-state index in [4.69, 9.17) is 47.1 Å². The number of hydrogen-bond acceptors (Lipinski definition) is 8. The molecule has 5 rings (SSSR count). The second-order valence-electron chi connectivity index (χ2n) is 10.2. The van der Waals surface area contributed by atoms with Gasteiger partial charge < -0.3 is 23.5 Å². The average molecular weight is 585 g/mol. The molecule has 0 spiro atoms. The predicted molar refractivity (Wildman–Crippen MR) is 152 cm³/mol. The maximum atomic E-state index is 11.6. The van der Waals surface area contributed by atoms with Gasteiger partial charge in [-0.2, -0.15) is 4.98 Å². The van der Waals surface area contributed by atoms with Gasteiger partial charge >= 0.3 is 5.97 Å². The third kappa shape index (κ3) is 5.95. The van der Waals surface area contributed by atoms with Gasteiger partial charge in [0.25, 0.3) is 0 Å². The van der Waals surface area contributed by atoms with Crippen LogP contribution in [0, 0.1) is 5.92 Å². The summed E-state index contributed by atoms with van der Waals surface area (Å²) in [6.07, 6.45) is 3.62. The van der Waals surface area contributed by atoms with Crippen molar-refractivity contribution in [3.8, 4) is 28.8 Å². The minimum atomic E-state index is -0.291. The molecular formula is C29H30Cl2N4O5. The number of carbonyl (C=O) groups excluding carboxylic acids is 1. The van der Waals surface area contributed by atoms with Crippen LogP contribution in [0.4, 0.5) is 0 Å². The van der Waals surface area contributed by atoms with Crippen molar-refractivity contribution >= 4 is 40.3 Å². The first kappa shape index (κ1) is 28.0. The summed E-state index contributed by atoms with van der Waals surface area (Å²) < 4.78 is 24.6. The molecule has 1 fully saturated rings.